The predicted molar refractivity (Wildman–Crippen MR) is 115 cm³/mol. The van der Waals surface area contributed by atoms with E-state index in [0.29, 0.717) is 22.7 Å². The van der Waals surface area contributed by atoms with Gasteiger partial charge < -0.3 is 15.1 Å². The second kappa shape index (κ2) is 8.97. The minimum atomic E-state index is -0.570. The first-order valence-electron chi connectivity index (χ1n) is 8.66. The highest BCUT2D eigenvalue weighted by Gasteiger charge is 2.15. The van der Waals surface area contributed by atoms with Gasteiger partial charge in [0.05, 0.1) is 4.92 Å². The summed E-state index contributed by atoms with van der Waals surface area (Å²) in [7, 11) is 0. The molecular formula is C20H16N4O5S. The zero-order valence-electron chi connectivity index (χ0n) is 15.7. The van der Waals surface area contributed by atoms with Crippen LogP contribution in [0.4, 0.5) is 17.1 Å². The molecule has 0 saturated carbocycles. The number of carbonyl (C=O) groups excluding carboxylic acids is 2. The molecule has 3 N–H and O–H groups in total. The second-order valence-electron chi connectivity index (χ2n) is 6.14. The topological polar surface area (TPSA) is 127 Å². The Morgan fingerprint density at radius 3 is 2.30 bits per heavy atom. The molecule has 10 heteroatoms. The van der Waals surface area contributed by atoms with Crippen LogP contribution in [0.2, 0.25) is 0 Å². The van der Waals surface area contributed by atoms with Gasteiger partial charge >= 0.3 is 0 Å². The Bertz CT molecular complexity index is 1120. The number of hydrogen-bond donors (Lipinski definition) is 3. The molecule has 2 amide bonds. The number of non-ortho nitro benzene ring substituents is 1. The van der Waals surface area contributed by atoms with E-state index in [1.165, 1.54) is 31.2 Å². The number of nitrogens with zero attached hydrogens (tertiary/aromatic N) is 1. The number of nitro groups is 1. The van der Waals surface area contributed by atoms with E-state index in [-0.39, 0.29) is 22.5 Å². The maximum absolute atomic E-state index is 12.4. The molecule has 3 rings (SSSR count). The highest BCUT2D eigenvalue weighted by Crippen LogP contribution is 2.25. The number of benzene rings is 2. The highest BCUT2D eigenvalue weighted by atomic mass is 32.1. The van der Waals surface area contributed by atoms with Crippen molar-refractivity contribution in [2.45, 2.75) is 6.92 Å². The van der Waals surface area contributed by atoms with Crippen LogP contribution in [-0.4, -0.2) is 21.9 Å². The third-order valence-electron chi connectivity index (χ3n) is 3.86. The zero-order valence-corrected chi connectivity index (χ0v) is 16.5. The molecule has 0 saturated heterocycles. The van der Waals surface area contributed by atoms with Crippen LogP contribution in [0.5, 0.6) is 0 Å². The average Bonchev–Trinajstić information content (AvgIpc) is 3.19. The zero-order chi connectivity index (χ0) is 21.7. The second-order valence-corrected chi connectivity index (χ2v) is 6.55. The molecule has 3 aromatic rings. The first kappa shape index (κ1) is 20.7. The molecule has 0 radical (unpaired) electrons. The summed E-state index contributed by atoms with van der Waals surface area (Å²) in [6.45, 7) is 1.41. The van der Waals surface area contributed by atoms with E-state index in [1.54, 1.807) is 36.4 Å². The Labute approximate surface area is 176 Å². The molecule has 0 aliphatic carbocycles. The van der Waals surface area contributed by atoms with Crippen molar-refractivity contribution in [3.8, 4) is 11.3 Å². The monoisotopic (exact) mass is 424 g/mol. The van der Waals surface area contributed by atoms with Gasteiger partial charge in [0.2, 0.25) is 5.91 Å². The number of rotatable bonds is 5. The largest absolute Gasteiger partial charge is 0.451 e. The lowest BCUT2D eigenvalue weighted by atomic mass is 10.1. The van der Waals surface area contributed by atoms with Crippen LogP contribution in [0, 0.1) is 10.1 Å². The number of hydrogen-bond acceptors (Lipinski definition) is 6. The maximum Gasteiger partial charge on any atom is 0.293 e. The van der Waals surface area contributed by atoms with Crippen LogP contribution < -0.4 is 16.0 Å². The third kappa shape index (κ3) is 5.26. The number of anilines is 2. The van der Waals surface area contributed by atoms with E-state index in [4.69, 9.17) is 16.6 Å². The van der Waals surface area contributed by atoms with Gasteiger partial charge in [-0.25, -0.2) is 0 Å². The van der Waals surface area contributed by atoms with Gasteiger partial charge in [-0.3, -0.25) is 25.0 Å². The van der Waals surface area contributed by atoms with Gasteiger partial charge in [0, 0.05) is 36.0 Å². The van der Waals surface area contributed by atoms with Crippen molar-refractivity contribution in [2.24, 2.45) is 0 Å². The SMILES string of the molecule is CC(=O)Nc1ccc(NC(=S)NC(=O)c2ccc(-c3cccc([N+](=O)[O-])c3)o2)cc1. The van der Waals surface area contributed by atoms with E-state index >= 15 is 0 Å². The van der Waals surface area contributed by atoms with Crippen LogP contribution in [0.3, 0.4) is 0 Å². The van der Waals surface area contributed by atoms with E-state index < -0.39 is 10.8 Å². The van der Waals surface area contributed by atoms with Gasteiger partial charge in [0.15, 0.2) is 10.9 Å². The number of thiocarbonyl (C=S) groups is 1. The first-order chi connectivity index (χ1) is 14.3. The van der Waals surface area contributed by atoms with Crippen molar-refractivity contribution in [3.05, 3.63) is 76.5 Å². The Morgan fingerprint density at radius 2 is 1.67 bits per heavy atom. The molecule has 30 heavy (non-hydrogen) atoms. The van der Waals surface area contributed by atoms with Gasteiger partial charge in [-0.2, -0.15) is 0 Å². The van der Waals surface area contributed by atoms with Crippen LogP contribution in [0.25, 0.3) is 11.3 Å². The lowest BCUT2D eigenvalue weighted by Crippen LogP contribution is -2.33. The van der Waals surface area contributed by atoms with Crippen molar-refractivity contribution in [3.63, 3.8) is 0 Å². The average molecular weight is 424 g/mol. The van der Waals surface area contributed by atoms with E-state index in [0.717, 1.165) is 0 Å². The van der Waals surface area contributed by atoms with Crippen molar-refractivity contribution in [2.75, 3.05) is 10.6 Å². The lowest BCUT2D eigenvalue weighted by Gasteiger charge is -2.09. The molecule has 0 spiro atoms. The van der Waals surface area contributed by atoms with Crippen molar-refractivity contribution >= 4 is 46.2 Å². The summed E-state index contributed by atoms with van der Waals surface area (Å²) in [6, 6.07) is 15.7. The summed E-state index contributed by atoms with van der Waals surface area (Å²) in [6.07, 6.45) is 0. The van der Waals surface area contributed by atoms with Gasteiger partial charge in [-0.15, -0.1) is 0 Å². The molecule has 0 unspecified atom stereocenters. The molecule has 0 aliphatic rings. The smallest absolute Gasteiger partial charge is 0.293 e. The molecule has 0 bridgehead atoms. The van der Waals surface area contributed by atoms with Crippen molar-refractivity contribution in [1.29, 1.82) is 0 Å². The van der Waals surface area contributed by atoms with Crippen LogP contribution >= 0.6 is 12.2 Å². The fourth-order valence-electron chi connectivity index (χ4n) is 2.56. The molecule has 152 valence electrons. The minimum absolute atomic E-state index is 0.00154. The molecule has 0 atom stereocenters. The number of nitro benzene ring substituents is 1. The van der Waals surface area contributed by atoms with Gasteiger partial charge in [-0.1, -0.05) is 12.1 Å². The molecular weight excluding hydrogens is 408 g/mol. The standard InChI is InChI=1S/C20H16N4O5S/c1-12(25)21-14-5-7-15(8-6-14)22-20(30)23-19(26)18-10-9-17(29-18)13-3-2-4-16(11-13)24(27)28/h2-11H,1H3,(H,21,25)(H2,22,23,26,30). The fraction of sp³-hybridized carbons (Fsp3) is 0.0500. The Hall–Kier alpha value is -4.05. The normalized spacial score (nSPS) is 10.2. The van der Waals surface area contributed by atoms with Crippen molar-refractivity contribution in [1.82, 2.24) is 5.32 Å². The summed E-state index contributed by atoms with van der Waals surface area (Å²) in [4.78, 5) is 33.8. The number of furan rings is 1. The number of amides is 2. The molecule has 0 fully saturated rings. The Kier molecular flexibility index (Phi) is 6.18. The lowest BCUT2D eigenvalue weighted by molar-refractivity contribution is -0.384. The van der Waals surface area contributed by atoms with E-state index in [9.17, 15) is 19.7 Å². The summed E-state index contributed by atoms with van der Waals surface area (Å²) in [5, 5.41) is 19.0. The Balaban J connectivity index is 1.62. The van der Waals surface area contributed by atoms with Gasteiger partial charge in [0.25, 0.3) is 11.6 Å². The summed E-state index contributed by atoms with van der Waals surface area (Å²) in [5.41, 5.74) is 1.64. The van der Waals surface area contributed by atoms with Crippen LogP contribution in [-0.2, 0) is 4.79 Å². The number of carbonyl (C=O) groups is 2. The quantitative estimate of drug-likeness (QED) is 0.322. The maximum atomic E-state index is 12.4. The van der Waals surface area contributed by atoms with Gasteiger partial charge in [0.1, 0.15) is 5.76 Å². The molecule has 9 nitrogen and oxygen atoms in total. The minimum Gasteiger partial charge on any atom is -0.451 e. The highest BCUT2D eigenvalue weighted by molar-refractivity contribution is 7.80. The molecule has 1 aromatic heterocycles. The molecule has 2 aromatic carbocycles. The van der Waals surface area contributed by atoms with Gasteiger partial charge in [-0.05, 0) is 48.6 Å². The van der Waals surface area contributed by atoms with E-state index in [2.05, 4.69) is 16.0 Å². The van der Waals surface area contributed by atoms with E-state index in [1.807, 2.05) is 0 Å². The fourth-order valence-corrected chi connectivity index (χ4v) is 2.77. The number of nitrogens with one attached hydrogen (secondary N) is 3. The predicted octanol–water partition coefficient (Wildman–Crippen LogP) is 3.94. The molecule has 0 aliphatic heterocycles. The summed E-state index contributed by atoms with van der Waals surface area (Å²) in [5.74, 6) is -0.432. The summed E-state index contributed by atoms with van der Waals surface area (Å²) < 4.78 is 5.51. The third-order valence-corrected chi connectivity index (χ3v) is 4.07. The Morgan fingerprint density at radius 1 is 1.00 bits per heavy atom. The first-order valence-corrected chi connectivity index (χ1v) is 9.07. The molecule has 1 heterocycles. The van der Waals surface area contributed by atoms with Crippen LogP contribution in [0.1, 0.15) is 17.5 Å². The van der Waals surface area contributed by atoms with Crippen molar-refractivity contribution < 1.29 is 18.9 Å². The summed E-state index contributed by atoms with van der Waals surface area (Å²) >= 11 is 5.13. The van der Waals surface area contributed by atoms with Crippen LogP contribution in [0.15, 0.2) is 65.1 Å².